The smallest absolute Gasteiger partial charge is 0.338 e. The van der Waals surface area contributed by atoms with Crippen molar-refractivity contribution >= 4 is 41.0 Å². The van der Waals surface area contributed by atoms with Crippen molar-refractivity contribution in [1.29, 1.82) is 0 Å². The number of anilines is 1. The third kappa shape index (κ3) is 4.36. The lowest BCUT2D eigenvalue weighted by Gasteiger charge is -2.27. The van der Waals surface area contributed by atoms with Gasteiger partial charge in [-0.25, -0.2) is 4.79 Å². The van der Waals surface area contributed by atoms with Crippen LogP contribution in [0.4, 0.5) is 5.69 Å². The SMILES string of the molecule is CCOC(=O)c1ccc(N(CN2C(=O)c3ccccc3C2=O)C(=O)c2ccc(Cl)cc2)cc1. The molecule has 33 heavy (non-hydrogen) atoms. The third-order valence-electron chi connectivity index (χ3n) is 5.19. The Morgan fingerprint density at radius 3 is 1.94 bits per heavy atom. The molecule has 7 nitrogen and oxygen atoms in total. The second-order valence-corrected chi connectivity index (χ2v) is 7.67. The van der Waals surface area contributed by atoms with Crippen LogP contribution in [-0.2, 0) is 4.74 Å². The summed E-state index contributed by atoms with van der Waals surface area (Å²) in [5.74, 6) is -1.88. The van der Waals surface area contributed by atoms with Gasteiger partial charge < -0.3 is 4.74 Å². The molecule has 0 bridgehead atoms. The zero-order chi connectivity index (χ0) is 23.5. The molecule has 0 unspecified atom stereocenters. The third-order valence-corrected chi connectivity index (χ3v) is 5.44. The Morgan fingerprint density at radius 2 is 1.39 bits per heavy atom. The molecule has 3 amide bonds. The number of hydrogen-bond donors (Lipinski definition) is 0. The zero-order valence-corrected chi connectivity index (χ0v) is 18.4. The summed E-state index contributed by atoms with van der Waals surface area (Å²) < 4.78 is 5.00. The molecule has 8 heteroatoms. The first-order chi connectivity index (χ1) is 15.9. The van der Waals surface area contributed by atoms with Crippen molar-refractivity contribution in [2.75, 3.05) is 18.2 Å². The molecule has 0 saturated carbocycles. The van der Waals surface area contributed by atoms with Crippen molar-refractivity contribution in [1.82, 2.24) is 4.90 Å². The van der Waals surface area contributed by atoms with Crippen molar-refractivity contribution in [3.63, 3.8) is 0 Å². The predicted octanol–water partition coefficient (Wildman–Crippen LogP) is 4.42. The highest BCUT2D eigenvalue weighted by Crippen LogP contribution is 2.26. The number of halogens is 1. The number of fused-ring (bicyclic) bond motifs is 1. The Kier molecular flexibility index (Phi) is 6.24. The van der Waals surface area contributed by atoms with Crippen LogP contribution in [0, 0.1) is 0 Å². The number of imide groups is 1. The van der Waals surface area contributed by atoms with Crippen molar-refractivity contribution in [3.05, 3.63) is 100 Å². The molecule has 166 valence electrons. The number of hydrogen-bond acceptors (Lipinski definition) is 5. The van der Waals surface area contributed by atoms with Gasteiger partial charge in [0.15, 0.2) is 0 Å². The summed E-state index contributed by atoms with van der Waals surface area (Å²) >= 11 is 5.95. The Morgan fingerprint density at radius 1 is 0.848 bits per heavy atom. The highest BCUT2D eigenvalue weighted by molar-refractivity contribution is 6.30. The molecule has 3 aromatic rings. The largest absolute Gasteiger partial charge is 0.462 e. The molecule has 0 saturated heterocycles. The minimum Gasteiger partial charge on any atom is -0.462 e. The van der Waals surface area contributed by atoms with Crippen LogP contribution < -0.4 is 4.90 Å². The lowest BCUT2D eigenvalue weighted by Crippen LogP contribution is -2.44. The van der Waals surface area contributed by atoms with E-state index >= 15 is 0 Å². The van der Waals surface area contributed by atoms with E-state index in [0.717, 1.165) is 4.90 Å². The van der Waals surface area contributed by atoms with Crippen LogP contribution in [0.5, 0.6) is 0 Å². The van der Waals surface area contributed by atoms with Gasteiger partial charge in [0.1, 0.15) is 6.67 Å². The topological polar surface area (TPSA) is 84.0 Å². The van der Waals surface area contributed by atoms with E-state index in [9.17, 15) is 19.2 Å². The molecule has 0 fully saturated rings. The summed E-state index contributed by atoms with van der Waals surface area (Å²) in [6.07, 6.45) is 0. The first kappa shape index (κ1) is 22.2. The number of rotatable bonds is 6. The lowest BCUT2D eigenvalue weighted by atomic mass is 10.1. The normalized spacial score (nSPS) is 12.5. The van der Waals surface area contributed by atoms with E-state index in [4.69, 9.17) is 16.3 Å². The molecule has 0 radical (unpaired) electrons. The summed E-state index contributed by atoms with van der Waals surface area (Å²) in [6, 6.07) is 19.0. The summed E-state index contributed by atoms with van der Waals surface area (Å²) in [5, 5.41) is 0.470. The van der Waals surface area contributed by atoms with Crippen LogP contribution in [0.1, 0.15) is 48.4 Å². The highest BCUT2D eigenvalue weighted by Gasteiger charge is 2.37. The van der Waals surface area contributed by atoms with Gasteiger partial charge in [-0.2, -0.15) is 0 Å². The number of nitrogens with zero attached hydrogens (tertiary/aromatic N) is 2. The van der Waals surface area contributed by atoms with Crippen molar-refractivity contribution < 1.29 is 23.9 Å². The van der Waals surface area contributed by atoms with Gasteiger partial charge in [-0.05, 0) is 67.6 Å². The van der Waals surface area contributed by atoms with Crippen molar-refractivity contribution in [2.24, 2.45) is 0 Å². The number of esters is 1. The second-order valence-electron chi connectivity index (χ2n) is 7.23. The molecule has 4 rings (SSSR count). The summed E-state index contributed by atoms with van der Waals surface area (Å²) in [6.45, 7) is 1.65. The standard InChI is InChI=1S/C25H19ClN2O5/c1-2-33-25(32)17-9-13-19(14-10-17)27(22(29)16-7-11-18(26)12-8-16)15-28-23(30)20-5-3-4-6-21(20)24(28)31/h3-14H,2,15H2,1H3. The van der Waals surface area contributed by atoms with Crippen molar-refractivity contribution in [3.8, 4) is 0 Å². The maximum absolute atomic E-state index is 13.4. The Hall–Kier alpha value is -3.97. The average molecular weight is 463 g/mol. The molecular weight excluding hydrogens is 444 g/mol. The summed E-state index contributed by atoms with van der Waals surface area (Å²) in [5.41, 5.74) is 1.63. The molecule has 1 heterocycles. The van der Waals surface area contributed by atoms with Gasteiger partial charge in [0, 0.05) is 16.3 Å². The van der Waals surface area contributed by atoms with Crippen LogP contribution in [0.2, 0.25) is 5.02 Å². The van der Waals surface area contributed by atoms with Crippen LogP contribution in [0.25, 0.3) is 0 Å². The first-order valence-electron chi connectivity index (χ1n) is 10.2. The van der Waals surface area contributed by atoms with E-state index in [-0.39, 0.29) is 13.3 Å². The fraction of sp³-hybridized carbons (Fsp3) is 0.120. The molecule has 0 aromatic heterocycles. The molecule has 0 aliphatic carbocycles. The monoisotopic (exact) mass is 462 g/mol. The molecule has 1 aliphatic rings. The number of amides is 3. The predicted molar refractivity (Wildman–Crippen MR) is 122 cm³/mol. The van der Waals surface area contributed by atoms with Gasteiger partial charge in [0.05, 0.1) is 23.3 Å². The van der Waals surface area contributed by atoms with Crippen LogP contribution in [0.3, 0.4) is 0 Å². The van der Waals surface area contributed by atoms with E-state index in [0.29, 0.717) is 33.0 Å². The van der Waals surface area contributed by atoms with E-state index in [1.807, 2.05) is 0 Å². The number of carbonyl (C=O) groups excluding carboxylic acids is 4. The minimum absolute atomic E-state index is 0.238. The highest BCUT2D eigenvalue weighted by atomic mass is 35.5. The van der Waals surface area contributed by atoms with E-state index in [2.05, 4.69) is 0 Å². The molecule has 1 aliphatic heterocycles. The summed E-state index contributed by atoms with van der Waals surface area (Å²) in [7, 11) is 0. The number of ether oxygens (including phenoxy) is 1. The van der Waals surface area contributed by atoms with Crippen LogP contribution >= 0.6 is 11.6 Å². The molecule has 0 atom stereocenters. The van der Waals surface area contributed by atoms with Gasteiger partial charge in [-0.15, -0.1) is 0 Å². The maximum atomic E-state index is 13.4. The average Bonchev–Trinajstić information content (AvgIpc) is 3.07. The van der Waals surface area contributed by atoms with E-state index < -0.39 is 23.7 Å². The van der Waals surface area contributed by atoms with E-state index in [1.165, 1.54) is 17.0 Å². The quantitative estimate of drug-likeness (QED) is 0.400. The maximum Gasteiger partial charge on any atom is 0.338 e. The molecule has 0 spiro atoms. The molecule has 3 aromatic carbocycles. The second kappa shape index (κ2) is 9.26. The van der Waals surface area contributed by atoms with E-state index in [1.54, 1.807) is 67.6 Å². The van der Waals surface area contributed by atoms with Gasteiger partial charge in [0.2, 0.25) is 0 Å². The number of carbonyl (C=O) groups is 4. The van der Waals surface area contributed by atoms with Crippen molar-refractivity contribution in [2.45, 2.75) is 6.92 Å². The first-order valence-corrected chi connectivity index (χ1v) is 10.6. The molecular formula is C25H19ClN2O5. The Labute approximate surface area is 195 Å². The minimum atomic E-state index is -0.486. The summed E-state index contributed by atoms with van der Waals surface area (Å²) in [4.78, 5) is 53.5. The fourth-order valence-electron chi connectivity index (χ4n) is 3.51. The number of benzene rings is 3. The van der Waals surface area contributed by atoms with Crippen LogP contribution in [-0.4, -0.2) is 41.9 Å². The Balaban J connectivity index is 1.68. The zero-order valence-electron chi connectivity index (χ0n) is 17.7. The van der Waals surface area contributed by atoms with Gasteiger partial charge in [0.25, 0.3) is 17.7 Å². The van der Waals surface area contributed by atoms with Gasteiger partial charge in [-0.3, -0.25) is 24.2 Å². The molecule has 0 N–H and O–H groups in total. The fourth-order valence-corrected chi connectivity index (χ4v) is 3.64. The van der Waals surface area contributed by atoms with Gasteiger partial charge >= 0.3 is 5.97 Å². The lowest BCUT2D eigenvalue weighted by molar-refractivity contribution is 0.0525. The van der Waals surface area contributed by atoms with Crippen LogP contribution in [0.15, 0.2) is 72.8 Å². The van der Waals surface area contributed by atoms with Gasteiger partial charge in [-0.1, -0.05) is 23.7 Å². The Bertz CT molecular complexity index is 1200.